The summed E-state index contributed by atoms with van der Waals surface area (Å²) >= 11 is 5.83. The number of rotatable bonds is 4. The first kappa shape index (κ1) is 14.0. The first-order valence-corrected chi connectivity index (χ1v) is 6.67. The zero-order chi connectivity index (χ0) is 15.4. The number of halogens is 1. The van der Waals surface area contributed by atoms with E-state index in [-0.39, 0.29) is 12.2 Å². The molecule has 0 unspecified atom stereocenters. The van der Waals surface area contributed by atoms with E-state index in [0.717, 1.165) is 5.56 Å². The van der Waals surface area contributed by atoms with Crippen molar-refractivity contribution in [2.45, 2.75) is 6.54 Å². The normalized spacial score (nSPS) is 10.2. The van der Waals surface area contributed by atoms with E-state index in [1.807, 2.05) is 6.07 Å². The van der Waals surface area contributed by atoms with Crippen LogP contribution >= 0.6 is 11.6 Å². The number of nitriles is 1. The standard InChI is InChI=1S/C14H9ClN6O/c15-10-1-2-12(19-11(10)7-16)18-8-13-20-14(21-22-13)9-3-5-17-6-4-9/h1-6H,8H2,(H,18,19). The van der Waals surface area contributed by atoms with Crippen molar-refractivity contribution in [1.82, 2.24) is 20.1 Å². The summed E-state index contributed by atoms with van der Waals surface area (Å²) in [6.07, 6.45) is 3.31. The fourth-order valence-electron chi connectivity index (χ4n) is 1.73. The maximum atomic E-state index is 8.89. The van der Waals surface area contributed by atoms with Crippen LogP contribution < -0.4 is 5.32 Å². The summed E-state index contributed by atoms with van der Waals surface area (Å²) in [5, 5.41) is 16.1. The molecule has 3 heterocycles. The van der Waals surface area contributed by atoms with E-state index < -0.39 is 0 Å². The van der Waals surface area contributed by atoms with Crippen LogP contribution in [0.15, 0.2) is 41.2 Å². The molecule has 0 aliphatic carbocycles. The summed E-state index contributed by atoms with van der Waals surface area (Å²) < 4.78 is 5.16. The third-order valence-electron chi connectivity index (χ3n) is 2.78. The van der Waals surface area contributed by atoms with Crippen LogP contribution in [0, 0.1) is 11.3 Å². The molecule has 22 heavy (non-hydrogen) atoms. The minimum Gasteiger partial charge on any atom is -0.361 e. The van der Waals surface area contributed by atoms with Crippen molar-refractivity contribution >= 4 is 17.4 Å². The van der Waals surface area contributed by atoms with Gasteiger partial charge < -0.3 is 9.84 Å². The fourth-order valence-corrected chi connectivity index (χ4v) is 1.88. The Labute approximate surface area is 130 Å². The van der Waals surface area contributed by atoms with Crippen molar-refractivity contribution < 1.29 is 4.52 Å². The quantitative estimate of drug-likeness (QED) is 0.790. The molecule has 0 saturated heterocycles. The van der Waals surface area contributed by atoms with Crippen LogP contribution in [0.1, 0.15) is 11.6 Å². The molecule has 0 amide bonds. The predicted octanol–water partition coefficient (Wildman–Crippen LogP) is 2.66. The second kappa shape index (κ2) is 6.20. The Morgan fingerprint density at radius 2 is 2.00 bits per heavy atom. The first-order chi connectivity index (χ1) is 10.8. The molecule has 0 saturated carbocycles. The Balaban J connectivity index is 1.70. The van der Waals surface area contributed by atoms with Crippen molar-refractivity contribution in [2.75, 3.05) is 5.32 Å². The Kier molecular flexibility index (Phi) is 3.94. The average molecular weight is 313 g/mol. The highest BCUT2D eigenvalue weighted by atomic mass is 35.5. The van der Waals surface area contributed by atoms with Gasteiger partial charge in [-0.15, -0.1) is 0 Å². The molecule has 0 aromatic carbocycles. The van der Waals surface area contributed by atoms with Gasteiger partial charge in [-0.05, 0) is 24.3 Å². The lowest BCUT2D eigenvalue weighted by molar-refractivity contribution is 0.384. The monoisotopic (exact) mass is 312 g/mol. The van der Waals surface area contributed by atoms with Gasteiger partial charge in [-0.2, -0.15) is 10.2 Å². The van der Waals surface area contributed by atoms with Crippen molar-refractivity contribution in [3.8, 4) is 17.5 Å². The Morgan fingerprint density at radius 1 is 1.18 bits per heavy atom. The van der Waals surface area contributed by atoms with E-state index in [1.54, 1.807) is 36.7 Å². The van der Waals surface area contributed by atoms with Crippen LogP contribution in [-0.4, -0.2) is 20.1 Å². The van der Waals surface area contributed by atoms with Gasteiger partial charge >= 0.3 is 0 Å². The Bertz CT molecular complexity index is 827. The van der Waals surface area contributed by atoms with Gasteiger partial charge in [0.2, 0.25) is 11.7 Å². The van der Waals surface area contributed by atoms with Gasteiger partial charge in [0.05, 0.1) is 11.6 Å². The first-order valence-electron chi connectivity index (χ1n) is 6.30. The number of hydrogen-bond donors (Lipinski definition) is 1. The van der Waals surface area contributed by atoms with Crippen LogP contribution in [0.3, 0.4) is 0 Å². The number of hydrogen-bond acceptors (Lipinski definition) is 7. The van der Waals surface area contributed by atoms with E-state index in [4.69, 9.17) is 21.4 Å². The lowest BCUT2D eigenvalue weighted by Crippen LogP contribution is -2.02. The molecular weight excluding hydrogens is 304 g/mol. The van der Waals surface area contributed by atoms with Gasteiger partial charge in [0, 0.05) is 18.0 Å². The largest absolute Gasteiger partial charge is 0.361 e. The maximum absolute atomic E-state index is 8.89. The van der Waals surface area contributed by atoms with Gasteiger partial charge in [0.25, 0.3) is 0 Å². The second-order valence-corrected chi connectivity index (χ2v) is 4.65. The van der Waals surface area contributed by atoms with E-state index in [1.165, 1.54) is 0 Å². The Morgan fingerprint density at radius 3 is 2.77 bits per heavy atom. The lowest BCUT2D eigenvalue weighted by Gasteiger charge is -2.03. The Hall–Kier alpha value is -2.98. The van der Waals surface area contributed by atoms with Crippen LogP contribution in [0.25, 0.3) is 11.4 Å². The maximum Gasteiger partial charge on any atom is 0.246 e. The number of anilines is 1. The number of pyridine rings is 2. The topological polar surface area (TPSA) is 101 Å². The molecule has 108 valence electrons. The molecule has 3 aromatic rings. The number of nitrogens with zero attached hydrogens (tertiary/aromatic N) is 5. The molecule has 0 fully saturated rings. The molecule has 0 aliphatic heterocycles. The smallest absolute Gasteiger partial charge is 0.246 e. The second-order valence-electron chi connectivity index (χ2n) is 4.24. The molecule has 0 aliphatic rings. The third kappa shape index (κ3) is 3.02. The van der Waals surface area contributed by atoms with Crippen LogP contribution in [-0.2, 0) is 6.54 Å². The molecule has 0 spiro atoms. The van der Waals surface area contributed by atoms with Crippen molar-refractivity contribution in [3.63, 3.8) is 0 Å². The van der Waals surface area contributed by atoms with Crippen LogP contribution in [0.2, 0.25) is 5.02 Å². The summed E-state index contributed by atoms with van der Waals surface area (Å²) in [7, 11) is 0. The molecule has 3 aromatic heterocycles. The molecule has 0 atom stereocenters. The van der Waals surface area contributed by atoms with E-state index >= 15 is 0 Å². The van der Waals surface area contributed by atoms with Gasteiger partial charge in [0.1, 0.15) is 11.9 Å². The molecular formula is C14H9ClN6O. The summed E-state index contributed by atoms with van der Waals surface area (Å²) in [5.41, 5.74) is 0.982. The number of aromatic nitrogens is 4. The van der Waals surface area contributed by atoms with Gasteiger partial charge in [-0.1, -0.05) is 16.8 Å². The van der Waals surface area contributed by atoms with Gasteiger partial charge in [-0.25, -0.2) is 4.98 Å². The molecule has 0 bridgehead atoms. The van der Waals surface area contributed by atoms with Crippen molar-refractivity contribution in [2.24, 2.45) is 0 Å². The van der Waals surface area contributed by atoms with E-state index in [0.29, 0.717) is 22.6 Å². The highest BCUT2D eigenvalue weighted by Gasteiger charge is 2.09. The molecule has 0 radical (unpaired) electrons. The highest BCUT2D eigenvalue weighted by molar-refractivity contribution is 6.31. The molecule has 7 nitrogen and oxygen atoms in total. The zero-order valence-electron chi connectivity index (χ0n) is 11.2. The molecule has 8 heteroatoms. The van der Waals surface area contributed by atoms with Gasteiger partial charge in [0.15, 0.2) is 5.69 Å². The SMILES string of the molecule is N#Cc1nc(NCc2nc(-c3ccncc3)no2)ccc1Cl. The zero-order valence-corrected chi connectivity index (χ0v) is 11.9. The van der Waals surface area contributed by atoms with E-state index in [2.05, 4.69) is 25.4 Å². The minimum absolute atomic E-state index is 0.162. The lowest BCUT2D eigenvalue weighted by atomic mass is 10.2. The average Bonchev–Trinajstić information content (AvgIpc) is 3.04. The highest BCUT2D eigenvalue weighted by Crippen LogP contribution is 2.17. The van der Waals surface area contributed by atoms with Crippen LogP contribution in [0.5, 0.6) is 0 Å². The fraction of sp³-hybridized carbons (Fsp3) is 0.0714. The minimum atomic E-state index is 0.162. The summed E-state index contributed by atoms with van der Waals surface area (Å²) in [6, 6.07) is 8.78. The molecule has 3 rings (SSSR count). The predicted molar refractivity (Wildman–Crippen MR) is 78.8 cm³/mol. The number of nitrogens with one attached hydrogen (secondary N) is 1. The summed E-state index contributed by atoms with van der Waals surface area (Å²) in [6.45, 7) is 0.289. The van der Waals surface area contributed by atoms with Crippen molar-refractivity contribution in [1.29, 1.82) is 5.26 Å². The van der Waals surface area contributed by atoms with Gasteiger partial charge in [-0.3, -0.25) is 4.98 Å². The van der Waals surface area contributed by atoms with E-state index in [9.17, 15) is 0 Å². The third-order valence-corrected chi connectivity index (χ3v) is 3.08. The van der Waals surface area contributed by atoms with Crippen molar-refractivity contribution in [3.05, 3.63) is 53.3 Å². The van der Waals surface area contributed by atoms with Crippen LogP contribution in [0.4, 0.5) is 5.82 Å². The summed E-state index contributed by atoms with van der Waals surface area (Å²) in [5.74, 6) is 1.40. The molecule has 1 N–H and O–H groups in total. The summed E-state index contributed by atoms with van der Waals surface area (Å²) in [4.78, 5) is 12.3.